The van der Waals surface area contributed by atoms with E-state index in [0.717, 1.165) is 12.2 Å². The Morgan fingerprint density at radius 1 is 1.12 bits per heavy atom. The second kappa shape index (κ2) is 4.45. The van der Waals surface area contributed by atoms with Crippen molar-refractivity contribution in [3.05, 3.63) is 40.1 Å². The van der Waals surface area contributed by atoms with Crippen LogP contribution >= 0.6 is 11.3 Å². The first-order valence-corrected chi connectivity index (χ1v) is 5.91. The molecule has 0 aliphatic heterocycles. The highest BCUT2D eigenvalue weighted by atomic mass is 32.1. The van der Waals surface area contributed by atoms with Crippen molar-refractivity contribution in [2.45, 2.75) is 13.5 Å². The molecule has 84 valence electrons. The SMILES string of the molecule is Cc1ccc(CNc2ccc(N)c(N)c2)s1. The number of benzene rings is 1. The number of nitrogens with one attached hydrogen (secondary N) is 1. The van der Waals surface area contributed by atoms with Crippen LogP contribution in [0.15, 0.2) is 30.3 Å². The summed E-state index contributed by atoms with van der Waals surface area (Å²) in [5, 5.41) is 3.32. The van der Waals surface area contributed by atoms with Gasteiger partial charge in [-0.05, 0) is 37.3 Å². The first-order chi connectivity index (χ1) is 7.65. The molecule has 2 aromatic rings. The Morgan fingerprint density at radius 2 is 1.94 bits per heavy atom. The van der Waals surface area contributed by atoms with Gasteiger partial charge in [-0.15, -0.1) is 11.3 Å². The molecule has 0 radical (unpaired) electrons. The smallest absolute Gasteiger partial charge is 0.0568 e. The molecule has 2 rings (SSSR count). The quantitative estimate of drug-likeness (QED) is 0.714. The van der Waals surface area contributed by atoms with Crippen molar-refractivity contribution in [2.24, 2.45) is 0 Å². The molecule has 0 amide bonds. The average Bonchev–Trinajstić information content (AvgIpc) is 2.66. The largest absolute Gasteiger partial charge is 0.397 e. The van der Waals surface area contributed by atoms with Crippen molar-refractivity contribution in [1.82, 2.24) is 0 Å². The Balaban J connectivity index is 2.02. The van der Waals surface area contributed by atoms with Crippen LogP contribution < -0.4 is 16.8 Å². The summed E-state index contributed by atoms with van der Waals surface area (Å²) in [4.78, 5) is 2.64. The molecular weight excluding hydrogens is 218 g/mol. The van der Waals surface area contributed by atoms with Gasteiger partial charge in [-0.2, -0.15) is 0 Å². The zero-order chi connectivity index (χ0) is 11.5. The maximum absolute atomic E-state index is 5.73. The third-order valence-corrected chi connectivity index (χ3v) is 3.35. The van der Waals surface area contributed by atoms with E-state index in [1.165, 1.54) is 9.75 Å². The number of hydrogen-bond donors (Lipinski definition) is 3. The van der Waals surface area contributed by atoms with Crippen LogP contribution in [-0.2, 0) is 6.54 Å². The Hall–Kier alpha value is -1.68. The number of thiophene rings is 1. The van der Waals surface area contributed by atoms with Gasteiger partial charge in [-0.25, -0.2) is 0 Å². The van der Waals surface area contributed by atoms with E-state index in [1.807, 2.05) is 18.2 Å². The zero-order valence-corrected chi connectivity index (χ0v) is 9.97. The van der Waals surface area contributed by atoms with Gasteiger partial charge >= 0.3 is 0 Å². The second-order valence-electron chi connectivity index (χ2n) is 3.71. The van der Waals surface area contributed by atoms with Crippen molar-refractivity contribution in [1.29, 1.82) is 0 Å². The van der Waals surface area contributed by atoms with E-state index in [4.69, 9.17) is 11.5 Å². The maximum atomic E-state index is 5.73. The lowest BCUT2D eigenvalue weighted by atomic mass is 10.2. The van der Waals surface area contributed by atoms with Gasteiger partial charge in [-0.1, -0.05) is 0 Å². The molecule has 0 aliphatic rings. The lowest BCUT2D eigenvalue weighted by molar-refractivity contribution is 1.19. The molecule has 0 unspecified atom stereocenters. The number of hydrogen-bond acceptors (Lipinski definition) is 4. The third-order valence-electron chi connectivity index (χ3n) is 2.35. The first kappa shape index (κ1) is 10.8. The summed E-state index contributed by atoms with van der Waals surface area (Å²) in [6.07, 6.45) is 0. The Labute approximate surface area is 99.1 Å². The van der Waals surface area contributed by atoms with Crippen molar-refractivity contribution in [3.8, 4) is 0 Å². The normalized spacial score (nSPS) is 10.3. The van der Waals surface area contributed by atoms with Crippen LogP contribution in [0.1, 0.15) is 9.75 Å². The summed E-state index contributed by atoms with van der Waals surface area (Å²) in [6.45, 7) is 2.93. The van der Waals surface area contributed by atoms with Crippen LogP contribution in [0.3, 0.4) is 0 Å². The van der Waals surface area contributed by atoms with E-state index in [-0.39, 0.29) is 0 Å². The van der Waals surface area contributed by atoms with Gasteiger partial charge < -0.3 is 16.8 Å². The van der Waals surface area contributed by atoms with Gasteiger partial charge in [-0.3, -0.25) is 0 Å². The highest BCUT2D eigenvalue weighted by Gasteiger charge is 1.99. The van der Waals surface area contributed by atoms with E-state index in [9.17, 15) is 0 Å². The molecule has 4 heteroatoms. The fourth-order valence-corrected chi connectivity index (χ4v) is 2.28. The van der Waals surface area contributed by atoms with Crippen LogP contribution in [0.5, 0.6) is 0 Å². The maximum Gasteiger partial charge on any atom is 0.0568 e. The van der Waals surface area contributed by atoms with Crippen LogP contribution in [0.2, 0.25) is 0 Å². The highest BCUT2D eigenvalue weighted by Crippen LogP contribution is 2.21. The summed E-state index contributed by atoms with van der Waals surface area (Å²) in [7, 11) is 0. The minimum Gasteiger partial charge on any atom is -0.397 e. The van der Waals surface area contributed by atoms with Gasteiger partial charge in [0.25, 0.3) is 0 Å². The van der Waals surface area contributed by atoms with Gasteiger partial charge in [0.05, 0.1) is 11.4 Å². The van der Waals surface area contributed by atoms with E-state index < -0.39 is 0 Å². The fraction of sp³-hybridized carbons (Fsp3) is 0.167. The fourth-order valence-electron chi connectivity index (χ4n) is 1.45. The van der Waals surface area contributed by atoms with E-state index in [1.54, 1.807) is 11.3 Å². The first-order valence-electron chi connectivity index (χ1n) is 5.09. The molecule has 3 nitrogen and oxygen atoms in total. The van der Waals surface area contributed by atoms with Crippen molar-refractivity contribution < 1.29 is 0 Å². The molecule has 0 saturated carbocycles. The highest BCUT2D eigenvalue weighted by molar-refractivity contribution is 7.11. The van der Waals surface area contributed by atoms with Crippen LogP contribution in [0.4, 0.5) is 17.1 Å². The predicted molar refractivity (Wildman–Crippen MR) is 71.6 cm³/mol. The van der Waals surface area contributed by atoms with E-state index in [0.29, 0.717) is 11.4 Å². The van der Waals surface area contributed by atoms with Crippen LogP contribution in [0.25, 0.3) is 0 Å². The summed E-state index contributed by atoms with van der Waals surface area (Å²) in [5.41, 5.74) is 13.6. The summed E-state index contributed by atoms with van der Waals surface area (Å²) >= 11 is 1.80. The van der Waals surface area contributed by atoms with Crippen molar-refractivity contribution in [2.75, 3.05) is 16.8 Å². The monoisotopic (exact) mass is 233 g/mol. The molecule has 0 spiro atoms. The second-order valence-corrected chi connectivity index (χ2v) is 5.08. The predicted octanol–water partition coefficient (Wildman–Crippen LogP) is 2.83. The molecule has 1 aromatic heterocycles. The average molecular weight is 233 g/mol. The van der Waals surface area contributed by atoms with E-state index in [2.05, 4.69) is 24.4 Å². The molecule has 1 heterocycles. The van der Waals surface area contributed by atoms with Gasteiger partial charge in [0.1, 0.15) is 0 Å². The van der Waals surface area contributed by atoms with Crippen molar-refractivity contribution in [3.63, 3.8) is 0 Å². The Morgan fingerprint density at radius 3 is 2.56 bits per heavy atom. The third kappa shape index (κ3) is 2.46. The lowest BCUT2D eigenvalue weighted by Gasteiger charge is -2.07. The zero-order valence-electron chi connectivity index (χ0n) is 9.16. The summed E-state index contributed by atoms with van der Waals surface area (Å²) in [5.74, 6) is 0. The molecule has 5 N–H and O–H groups in total. The minimum atomic E-state index is 0.618. The van der Waals surface area contributed by atoms with Gasteiger partial charge in [0, 0.05) is 22.0 Å². The molecule has 0 saturated heterocycles. The number of nitrogen functional groups attached to an aromatic ring is 2. The van der Waals surface area contributed by atoms with Crippen molar-refractivity contribution >= 4 is 28.4 Å². The molecule has 16 heavy (non-hydrogen) atoms. The number of anilines is 3. The molecule has 0 fully saturated rings. The molecular formula is C12H15N3S. The molecule has 0 atom stereocenters. The summed E-state index contributed by atoms with van der Waals surface area (Å²) < 4.78 is 0. The number of aryl methyl sites for hydroxylation is 1. The molecule has 0 bridgehead atoms. The minimum absolute atomic E-state index is 0.618. The summed E-state index contributed by atoms with van der Waals surface area (Å²) in [6, 6.07) is 9.87. The van der Waals surface area contributed by atoms with E-state index >= 15 is 0 Å². The topological polar surface area (TPSA) is 64.1 Å². The number of nitrogens with two attached hydrogens (primary N) is 2. The number of rotatable bonds is 3. The molecule has 1 aromatic carbocycles. The van der Waals surface area contributed by atoms with Crippen LogP contribution in [-0.4, -0.2) is 0 Å². The Bertz CT molecular complexity index is 491. The van der Waals surface area contributed by atoms with Crippen LogP contribution in [0, 0.1) is 6.92 Å². The van der Waals surface area contributed by atoms with Gasteiger partial charge in [0.15, 0.2) is 0 Å². The Kier molecular flexibility index (Phi) is 3.01. The molecule has 0 aliphatic carbocycles. The lowest BCUT2D eigenvalue weighted by Crippen LogP contribution is -2.00. The van der Waals surface area contributed by atoms with Gasteiger partial charge in [0.2, 0.25) is 0 Å². The standard InChI is InChI=1S/C12H15N3S/c1-8-2-4-10(16-8)7-15-9-3-5-11(13)12(14)6-9/h2-6,15H,7,13-14H2,1H3.